The van der Waals surface area contributed by atoms with Gasteiger partial charge < -0.3 is 9.97 Å². The second-order valence-corrected chi connectivity index (χ2v) is 19.6. The molecule has 0 spiro atoms. The first-order valence-corrected chi connectivity index (χ1v) is 20.5. The number of thiophene rings is 1. The van der Waals surface area contributed by atoms with Gasteiger partial charge in [0.1, 0.15) is 0 Å². The van der Waals surface area contributed by atoms with Gasteiger partial charge in [0.2, 0.25) is 0 Å². The standard InChI is InChI=1S/C28H24NS.C15H18NSi.Ir/c1-17(2)20-13-14-29-25(15-20)24-10-6-9-23-22-12-11-21(16-26(22)30-28(23)24)27-18(3)7-5-8-19(27)4;1-12-10-14(13-8-6-5-7-9-13)16-11-15(12)17(2,3)4;/h5-9,11-17H,1-4H3;5-8,10-11H,1-4H3;/q2*-1;/i17D;;. The van der Waals surface area contributed by atoms with Gasteiger partial charge in [-0.25, -0.2) is 0 Å². The molecule has 4 aromatic carbocycles. The smallest absolute Gasteiger partial charge is 0.0798 e. The van der Waals surface area contributed by atoms with Crippen LogP contribution >= 0.6 is 11.3 Å². The molecule has 3 heterocycles. The maximum absolute atomic E-state index is 8.39. The van der Waals surface area contributed by atoms with Crippen LogP contribution in [0.1, 0.15) is 43.4 Å². The fourth-order valence-electron chi connectivity index (χ4n) is 6.28. The van der Waals surface area contributed by atoms with E-state index in [0.29, 0.717) is 0 Å². The van der Waals surface area contributed by atoms with Crippen LogP contribution in [0, 0.1) is 32.9 Å². The van der Waals surface area contributed by atoms with Crippen LogP contribution in [-0.2, 0) is 20.1 Å². The average molecular weight is 840 g/mol. The van der Waals surface area contributed by atoms with Gasteiger partial charge in [0.05, 0.1) is 8.07 Å². The van der Waals surface area contributed by atoms with Gasteiger partial charge in [-0.1, -0.05) is 92.5 Å². The Bertz CT molecular complexity index is 2230. The fraction of sp³-hybridized carbons (Fsp3) is 0.209. The Morgan fingerprint density at radius 3 is 2.19 bits per heavy atom. The van der Waals surface area contributed by atoms with Crippen molar-refractivity contribution in [3.63, 3.8) is 0 Å². The minimum atomic E-state index is -1.27. The molecule has 0 atom stereocenters. The second-order valence-electron chi connectivity index (χ2n) is 13.5. The molecular formula is C43H42IrN2SSi-2. The van der Waals surface area contributed by atoms with Crippen molar-refractivity contribution in [2.75, 3.05) is 0 Å². The Kier molecular flexibility index (Phi) is 10.5. The van der Waals surface area contributed by atoms with Crippen molar-refractivity contribution >= 4 is 44.8 Å². The number of pyridine rings is 2. The molecule has 0 saturated carbocycles. The molecule has 0 aliphatic heterocycles. The first-order chi connectivity index (χ1) is 22.8. The monoisotopic (exact) mass is 840 g/mol. The van der Waals surface area contributed by atoms with Gasteiger partial charge in [0.25, 0.3) is 0 Å². The van der Waals surface area contributed by atoms with Crippen molar-refractivity contribution in [3.8, 4) is 33.6 Å². The number of aromatic nitrogens is 2. The number of fused-ring (bicyclic) bond motifs is 3. The van der Waals surface area contributed by atoms with Crippen molar-refractivity contribution in [1.82, 2.24) is 9.97 Å². The minimum Gasteiger partial charge on any atom is -0.305 e. The van der Waals surface area contributed by atoms with E-state index in [4.69, 9.17) is 1.37 Å². The van der Waals surface area contributed by atoms with Gasteiger partial charge >= 0.3 is 0 Å². The number of aryl methyl sites for hydroxylation is 3. The van der Waals surface area contributed by atoms with Gasteiger partial charge in [-0.2, -0.15) is 11.3 Å². The predicted molar refractivity (Wildman–Crippen MR) is 207 cm³/mol. The van der Waals surface area contributed by atoms with E-state index in [-0.39, 0.29) is 20.1 Å². The first-order valence-electron chi connectivity index (χ1n) is 16.7. The average Bonchev–Trinajstić information content (AvgIpc) is 3.43. The van der Waals surface area contributed by atoms with Gasteiger partial charge in [-0.05, 0) is 87.7 Å². The molecule has 5 heteroatoms. The van der Waals surface area contributed by atoms with Crippen LogP contribution in [-0.4, -0.2) is 18.0 Å². The first kappa shape index (κ1) is 34.1. The summed E-state index contributed by atoms with van der Waals surface area (Å²) in [6.07, 6.45) is 3.86. The number of rotatable bonds is 5. The van der Waals surface area contributed by atoms with Gasteiger partial charge in [-0.3, -0.25) is 0 Å². The van der Waals surface area contributed by atoms with E-state index in [1.54, 1.807) is 17.5 Å². The van der Waals surface area contributed by atoms with Crippen LogP contribution in [0.15, 0.2) is 103 Å². The molecule has 7 rings (SSSR count). The molecule has 48 heavy (non-hydrogen) atoms. The van der Waals surface area contributed by atoms with Crippen LogP contribution in [0.25, 0.3) is 53.8 Å². The van der Waals surface area contributed by atoms with Gasteiger partial charge in [0, 0.05) is 38.6 Å². The van der Waals surface area contributed by atoms with E-state index >= 15 is 0 Å². The Balaban J connectivity index is 0.000000221. The summed E-state index contributed by atoms with van der Waals surface area (Å²) in [6.45, 7) is 17.4. The predicted octanol–water partition coefficient (Wildman–Crippen LogP) is 11.7. The number of hydrogen-bond acceptors (Lipinski definition) is 3. The topological polar surface area (TPSA) is 25.8 Å². The SMILES string of the molecule is Cc1cc(-c2[c-]cccc2)ncc1[Si](C)(C)C.[2H]C(C)(C)c1ccnc(-c2[c-]ccc3c2sc2cc(-c4c(C)cccc4C)ccc23)c1.[Ir]. The zero-order valence-electron chi connectivity index (χ0n) is 30.0. The van der Waals surface area contributed by atoms with Crippen LogP contribution < -0.4 is 5.19 Å². The van der Waals surface area contributed by atoms with E-state index in [9.17, 15) is 0 Å². The molecule has 0 N–H and O–H groups in total. The Morgan fingerprint density at radius 2 is 1.52 bits per heavy atom. The molecule has 0 saturated heterocycles. The summed E-state index contributed by atoms with van der Waals surface area (Å²) in [6, 6.07) is 38.2. The molecule has 0 aliphatic carbocycles. The zero-order valence-corrected chi connectivity index (χ0v) is 33.2. The maximum Gasteiger partial charge on any atom is 0.0798 e. The third-order valence-electron chi connectivity index (χ3n) is 8.70. The summed E-state index contributed by atoms with van der Waals surface area (Å²) in [4.78, 5) is 9.20. The van der Waals surface area contributed by atoms with Crippen molar-refractivity contribution < 1.29 is 21.5 Å². The quantitative estimate of drug-likeness (QED) is 0.127. The summed E-state index contributed by atoms with van der Waals surface area (Å²) in [7, 11) is -1.27. The van der Waals surface area contributed by atoms with Gasteiger partial charge in [-0.15, -0.1) is 59.7 Å². The van der Waals surface area contributed by atoms with E-state index in [2.05, 4.69) is 123 Å². The Hall–Kier alpha value is -3.73. The van der Waals surface area contributed by atoms with Gasteiger partial charge in [0.15, 0.2) is 0 Å². The number of hydrogen-bond donors (Lipinski definition) is 0. The van der Waals surface area contributed by atoms with Crippen LogP contribution in [0.4, 0.5) is 0 Å². The summed E-state index contributed by atoms with van der Waals surface area (Å²) >= 11 is 1.80. The molecule has 0 aliphatic rings. The minimum absolute atomic E-state index is 0. The molecular weight excluding hydrogens is 797 g/mol. The summed E-state index contributed by atoms with van der Waals surface area (Å²) < 4.78 is 10.9. The van der Waals surface area contributed by atoms with E-state index in [1.807, 2.05) is 50.2 Å². The van der Waals surface area contributed by atoms with E-state index < -0.39 is 14.0 Å². The third-order valence-corrected chi connectivity index (χ3v) is 12.0. The molecule has 0 amide bonds. The van der Waals surface area contributed by atoms with Crippen molar-refractivity contribution in [1.29, 1.82) is 0 Å². The molecule has 0 fully saturated rings. The van der Waals surface area contributed by atoms with E-state index in [1.165, 1.54) is 53.2 Å². The normalized spacial score (nSPS) is 11.9. The van der Waals surface area contributed by atoms with Crippen LogP contribution in [0.2, 0.25) is 19.6 Å². The summed E-state index contributed by atoms with van der Waals surface area (Å²) in [5.74, 6) is -0.661. The third kappa shape index (κ3) is 7.45. The van der Waals surface area contributed by atoms with E-state index in [0.717, 1.165) is 28.1 Å². The molecule has 245 valence electrons. The van der Waals surface area contributed by atoms with Crippen LogP contribution in [0.3, 0.4) is 0 Å². The molecule has 2 nitrogen and oxygen atoms in total. The molecule has 1 radical (unpaired) electrons. The number of benzene rings is 4. The Morgan fingerprint density at radius 1 is 0.750 bits per heavy atom. The summed E-state index contributed by atoms with van der Waals surface area (Å²) in [5, 5.41) is 3.94. The van der Waals surface area contributed by atoms with Crippen molar-refractivity contribution in [2.45, 2.75) is 60.2 Å². The zero-order chi connectivity index (χ0) is 34.2. The largest absolute Gasteiger partial charge is 0.305 e. The second kappa shape index (κ2) is 14.8. The molecule has 0 unspecified atom stereocenters. The fourth-order valence-corrected chi connectivity index (χ4v) is 9.23. The summed E-state index contributed by atoms with van der Waals surface area (Å²) in [5.41, 5.74) is 11.5. The Labute approximate surface area is 306 Å². The van der Waals surface area contributed by atoms with Crippen LogP contribution in [0.5, 0.6) is 0 Å². The van der Waals surface area contributed by atoms with Crippen molar-refractivity contribution in [2.24, 2.45) is 0 Å². The molecule has 0 bridgehead atoms. The number of nitrogens with zero attached hydrogens (tertiary/aromatic N) is 2. The van der Waals surface area contributed by atoms with Crippen molar-refractivity contribution in [3.05, 3.63) is 138 Å². The maximum atomic E-state index is 8.39. The molecule has 3 aromatic heterocycles. The molecule has 7 aromatic rings.